The van der Waals surface area contributed by atoms with Crippen LogP contribution in [0.15, 0.2) is 12.3 Å². The van der Waals surface area contributed by atoms with Crippen molar-refractivity contribution in [2.45, 2.75) is 12.2 Å². The molecule has 5 nitrogen and oxygen atoms in total. The van der Waals surface area contributed by atoms with E-state index in [0.717, 1.165) is 0 Å². The fourth-order valence-corrected chi connectivity index (χ4v) is 1.34. The number of rotatable bonds is 2. The standard InChI is InChI=1S/C8H9F3N4O/c9-8(10,11)7(16)14-6-1-2-13-15(6)5-3-12-4-5/h1-2,5,12H,3-4H2,(H,14,16). The Morgan fingerprint density at radius 2 is 2.25 bits per heavy atom. The fraction of sp³-hybridized carbons (Fsp3) is 0.500. The summed E-state index contributed by atoms with van der Waals surface area (Å²) in [5, 5.41) is 8.62. The number of nitrogens with zero attached hydrogens (tertiary/aromatic N) is 2. The number of alkyl halides is 3. The second-order valence-corrected chi connectivity index (χ2v) is 3.42. The Morgan fingerprint density at radius 3 is 2.75 bits per heavy atom. The van der Waals surface area contributed by atoms with Crippen molar-refractivity contribution < 1.29 is 18.0 Å². The van der Waals surface area contributed by atoms with Crippen LogP contribution < -0.4 is 10.6 Å². The van der Waals surface area contributed by atoms with Gasteiger partial charge >= 0.3 is 12.1 Å². The van der Waals surface area contributed by atoms with Gasteiger partial charge < -0.3 is 10.6 Å². The van der Waals surface area contributed by atoms with Crippen molar-refractivity contribution in [1.82, 2.24) is 15.1 Å². The zero-order chi connectivity index (χ0) is 11.8. The molecule has 0 aromatic carbocycles. The number of halogens is 3. The van der Waals surface area contributed by atoms with Crippen LogP contribution in [-0.4, -0.2) is 35.0 Å². The van der Waals surface area contributed by atoms with Gasteiger partial charge in [-0.3, -0.25) is 4.79 Å². The number of carbonyl (C=O) groups excluding carboxylic acids is 1. The molecule has 1 aromatic rings. The van der Waals surface area contributed by atoms with Crippen LogP contribution in [0.25, 0.3) is 0 Å². The van der Waals surface area contributed by atoms with Crippen LogP contribution in [0.4, 0.5) is 19.0 Å². The Balaban J connectivity index is 2.09. The van der Waals surface area contributed by atoms with Crippen molar-refractivity contribution in [3.63, 3.8) is 0 Å². The molecule has 8 heteroatoms. The van der Waals surface area contributed by atoms with E-state index in [-0.39, 0.29) is 11.9 Å². The van der Waals surface area contributed by atoms with Gasteiger partial charge in [-0.05, 0) is 0 Å². The third kappa shape index (κ3) is 2.01. The molecule has 0 spiro atoms. The van der Waals surface area contributed by atoms with Gasteiger partial charge in [-0.1, -0.05) is 0 Å². The summed E-state index contributed by atoms with van der Waals surface area (Å²) >= 11 is 0. The van der Waals surface area contributed by atoms with Gasteiger partial charge in [0.25, 0.3) is 0 Å². The first-order valence-corrected chi connectivity index (χ1v) is 4.61. The Bertz CT molecular complexity index is 396. The third-order valence-electron chi connectivity index (χ3n) is 2.28. The van der Waals surface area contributed by atoms with Crippen LogP contribution in [0.2, 0.25) is 0 Å². The van der Waals surface area contributed by atoms with Crippen LogP contribution in [-0.2, 0) is 4.79 Å². The van der Waals surface area contributed by atoms with E-state index in [1.807, 2.05) is 0 Å². The largest absolute Gasteiger partial charge is 0.471 e. The van der Waals surface area contributed by atoms with Crippen molar-refractivity contribution in [2.24, 2.45) is 0 Å². The van der Waals surface area contributed by atoms with Crippen LogP contribution in [0.5, 0.6) is 0 Å². The van der Waals surface area contributed by atoms with Crippen molar-refractivity contribution in [1.29, 1.82) is 0 Å². The summed E-state index contributed by atoms with van der Waals surface area (Å²) in [6.07, 6.45) is -3.53. The maximum Gasteiger partial charge on any atom is 0.471 e. The topological polar surface area (TPSA) is 59.0 Å². The summed E-state index contributed by atoms with van der Waals surface area (Å²) in [6.45, 7) is 1.27. The average Bonchev–Trinajstić information content (AvgIpc) is 2.48. The Labute approximate surface area is 88.6 Å². The Kier molecular flexibility index (Phi) is 2.58. The fourth-order valence-electron chi connectivity index (χ4n) is 1.34. The lowest BCUT2D eigenvalue weighted by Gasteiger charge is -2.28. The molecule has 0 saturated carbocycles. The minimum absolute atomic E-state index is 0.00136. The van der Waals surface area contributed by atoms with Crippen LogP contribution in [0.1, 0.15) is 6.04 Å². The molecule has 2 rings (SSSR count). The summed E-state index contributed by atoms with van der Waals surface area (Å²) in [5.74, 6) is -1.92. The highest BCUT2D eigenvalue weighted by Gasteiger charge is 2.39. The molecular weight excluding hydrogens is 225 g/mol. The Morgan fingerprint density at radius 1 is 1.56 bits per heavy atom. The van der Waals surface area contributed by atoms with Crippen molar-refractivity contribution in [3.8, 4) is 0 Å². The zero-order valence-electron chi connectivity index (χ0n) is 8.08. The number of amides is 1. The SMILES string of the molecule is O=C(Nc1ccnn1C1CNC1)C(F)(F)F. The monoisotopic (exact) mass is 234 g/mol. The predicted octanol–water partition coefficient (Wildman–Crippen LogP) is 0.528. The molecule has 0 unspecified atom stereocenters. The van der Waals surface area contributed by atoms with Gasteiger partial charge in [0, 0.05) is 19.2 Å². The predicted molar refractivity (Wildman–Crippen MR) is 48.8 cm³/mol. The van der Waals surface area contributed by atoms with E-state index in [1.54, 1.807) is 5.32 Å². The minimum atomic E-state index is -4.88. The highest BCUT2D eigenvalue weighted by Crippen LogP contribution is 2.21. The van der Waals surface area contributed by atoms with E-state index in [2.05, 4.69) is 10.4 Å². The molecule has 1 fully saturated rings. The molecule has 1 saturated heterocycles. The molecule has 88 valence electrons. The molecule has 1 amide bonds. The van der Waals surface area contributed by atoms with Crippen molar-refractivity contribution in [3.05, 3.63) is 12.3 Å². The van der Waals surface area contributed by atoms with Gasteiger partial charge in [-0.25, -0.2) is 4.68 Å². The van der Waals surface area contributed by atoms with Crippen molar-refractivity contribution >= 4 is 11.7 Å². The average molecular weight is 234 g/mol. The quantitative estimate of drug-likeness (QED) is 0.784. The molecule has 2 heterocycles. The van der Waals surface area contributed by atoms with E-state index in [1.165, 1.54) is 16.9 Å². The van der Waals surface area contributed by atoms with Gasteiger partial charge in [-0.2, -0.15) is 18.3 Å². The second kappa shape index (κ2) is 3.78. The molecule has 16 heavy (non-hydrogen) atoms. The molecule has 1 aliphatic rings. The lowest BCUT2D eigenvalue weighted by molar-refractivity contribution is -0.167. The maximum atomic E-state index is 12.0. The molecule has 2 N–H and O–H groups in total. The van der Waals surface area contributed by atoms with Gasteiger partial charge in [0.15, 0.2) is 0 Å². The molecule has 0 bridgehead atoms. The third-order valence-corrected chi connectivity index (χ3v) is 2.28. The highest BCUT2D eigenvalue weighted by molar-refractivity contribution is 5.94. The normalized spacial score (nSPS) is 16.9. The number of anilines is 1. The molecule has 0 aliphatic carbocycles. The molecule has 1 aliphatic heterocycles. The van der Waals surface area contributed by atoms with Crippen LogP contribution >= 0.6 is 0 Å². The summed E-state index contributed by atoms with van der Waals surface area (Å²) in [6, 6.07) is 1.33. The number of carbonyl (C=O) groups is 1. The first-order valence-electron chi connectivity index (χ1n) is 4.61. The first-order chi connectivity index (χ1) is 7.48. The lowest BCUT2D eigenvalue weighted by Crippen LogP contribution is -2.44. The number of hydrogen-bond acceptors (Lipinski definition) is 3. The summed E-state index contributed by atoms with van der Waals surface area (Å²) in [7, 11) is 0. The summed E-state index contributed by atoms with van der Waals surface area (Å²) in [4.78, 5) is 10.7. The van der Waals surface area contributed by atoms with Gasteiger partial charge in [0.2, 0.25) is 0 Å². The highest BCUT2D eigenvalue weighted by atomic mass is 19.4. The second-order valence-electron chi connectivity index (χ2n) is 3.42. The zero-order valence-corrected chi connectivity index (χ0v) is 8.08. The molecule has 0 radical (unpaired) electrons. The number of hydrogen-bond donors (Lipinski definition) is 2. The van der Waals surface area contributed by atoms with E-state index >= 15 is 0 Å². The first kappa shape index (κ1) is 10.9. The summed E-state index contributed by atoms with van der Waals surface area (Å²) < 4.78 is 37.4. The van der Waals surface area contributed by atoms with Crippen LogP contribution in [0.3, 0.4) is 0 Å². The molecule has 1 aromatic heterocycles. The summed E-state index contributed by atoms with van der Waals surface area (Å²) in [5.41, 5.74) is 0. The van der Waals surface area contributed by atoms with E-state index in [9.17, 15) is 18.0 Å². The van der Waals surface area contributed by atoms with Gasteiger partial charge in [-0.15, -0.1) is 0 Å². The minimum Gasteiger partial charge on any atom is -0.312 e. The van der Waals surface area contributed by atoms with E-state index in [4.69, 9.17) is 0 Å². The molecular formula is C8H9F3N4O. The molecule has 0 atom stereocenters. The lowest BCUT2D eigenvalue weighted by atomic mass is 10.2. The smallest absolute Gasteiger partial charge is 0.312 e. The maximum absolute atomic E-state index is 12.0. The number of nitrogens with one attached hydrogen (secondary N) is 2. The van der Waals surface area contributed by atoms with Gasteiger partial charge in [0.1, 0.15) is 5.82 Å². The van der Waals surface area contributed by atoms with E-state index < -0.39 is 12.1 Å². The number of aromatic nitrogens is 2. The van der Waals surface area contributed by atoms with E-state index in [0.29, 0.717) is 13.1 Å². The van der Waals surface area contributed by atoms with Crippen LogP contribution in [0, 0.1) is 0 Å². The van der Waals surface area contributed by atoms with Crippen molar-refractivity contribution in [2.75, 3.05) is 18.4 Å². The van der Waals surface area contributed by atoms with Gasteiger partial charge in [0.05, 0.1) is 12.2 Å². The Hall–Kier alpha value is -1.57.